The van der Waals surface area contributed by atoms with E-state index in [1.54, 1.807) is 0 Å². The van der Waals surface area contributed by atoms with Crippen molar-refractivity contribution in [2.75, 3.05) is 12.8 Å². The molecule has 1 heterocycles. The Morgan fingerprint density at radius 2 is 2.00 bits per heavy atom. The number of thioether (sulfide) groups is 1. The topological polar surface area (TPSA) is 29.9 Å². The van der Waals surface area contributed by atoms with Crippen molar-refractivity contribution in [1.82, 2.24) is 15.1 Å². The molecule has 0 amide bonds. The van der Waals surface area contributed by atoms with Crippen LogP contribution < -0.4 is 5.32 Å². The van der Waals surface area contributed by atoms with Crippen LogP contribution in [0.25, 0.3) is 0 Å². The largest absolute Gasteiger partial charge is 0.311 e. The van der Waals surface area contributed by atoms with E-state index in [0.29, 0.717) is 6.04 Å². The van der Waals surface area contributed by atoms with Gasteiger partial charge in [0.05, 0.1) is 11.7 Å². The highest BCUT2D eigenvalue weighted by Gasteiger charge is 2.14. The van der Waals surface area contributed by atoms with E-state index in [9.17, 15) is 0 Å². The molecule has 0 radical (unpaired) electrons. The van der Waals surface area contributed by atoms with Crippen molar-refractivity contribution in [3.05, 3.63) is 47.8 Å². The van der Waals surface area contributed by atoms with Gasteiger partial charge in [-0.3, -0.25) is 4.68 Å². The summed E-state index contributed by atoms with van der Waals surface area (Å²) >= 11 is 1.88. The minimum atomic E-state index is 0.329. The summed E-state index contributed by atoms with van der Waals surface area (Å²) in [6.07, 6.45) is 3.00. The lowest BCUT2D eigenvalue weighted by Crippen LogP contribution is -2.22. The standard InChI is InChI=1S/C16H23N3S/c1-4-11-19-16(9-10-18-19)15(17-3)12-20-14-7-5-13(2)6-8-14/h5-10,15,17H,4,11-12H2,1-3H3. The number of nitrogens with zero attached hydrogens (tertiary/aromatic N) is 2. The Labute approximate surface area is 125 Å². The zero-order valence-corrected chi connectivity index (χ0v) is 13.3. The highest BCUT2D eigenvalue weighted by atomic mass is 32.2. The van der Waals surface area contributed by atoms with Crippen molar-refractivity contribution < 1.29 is 0 Å². The molecule has 2 rings (SSSR count). The average molecular weight is 289 g/mol. The molecule has 1 aromatic carbocycles. The second-order valence-corrected chi connectivity index (χ2v) is 6.04. The molecule has 0 spiro atoms. The van der Waals surface area contributed by atoms with E-state index in [0.717, 1.165) is 18.7 Å². The molecule has 0 saturated heterocycles. The van der Waals surface area contributed by atoms with Crippen LogP contribution in [0.4, 0.5) is 0 Å². The van der Waals surface area contributed by atoms with Crippen molar-refractivity contribution in [3.63, 3.8) is 0 Å². The molecule has 3 nitrogen and oxygen atoms in total. The molecule has 1 aromatic heterocycles. The van der Waals surface area contributed by atoms with Crippen LogP contribution in [0.2, 0.25) is 0 Å². The molecule has 4 heteroatoms. The molecule has 0 bridgehead atoms. The molecular weight excluding hydrogens is 266 g/mol. The number of rotatable bonds is 7. The third kappa shape index (κ3) is 3.87. The summed E-state index contributed by atoms with van der Waals surface area (Å²) in [5.74, 6) is 1.01. The second kappa shape index (κ2) is 7.50. The molecule has 108 valence electrons. The van der Waals surface area contributed by atoms with Gasteiger partial charge in [-0.25, -0.2) is 0 Å². The average Bonchev–Trinajstić information content (AvgIpc) is 2.90. The summed E-state index contributed by atoms with van der Waals surface area (Å²) in [5, 5.41) is 7.81. The third-order valence-electron chi connectivity index (χ3n) is 3.33. The van der Waals surface area contributed by atoms with E-state index in [2.05, 4.69) is 59.3 Å². The fraction of sp³-hybridized carbons (Fsp3) is 0.438. The molecule has 0 aliphatic rings. The monoisotopic (exact) mass is 289 g/mol. The molecule has 1 atom stereocenters. The van der Waals surface area contributed by atoms with Gasteiger partial charge in [-0.2, -0.15) is 5.10 Å². The first-order valence-electron chi connectivity index (χ1n) is 7.13. The predicted octanol–water partition coefficient (Wildman–Crippen LogP) is 3.65. The number of hydrogen-bond acceptors (Lipinski definition) is 3. The van der Waals surface area contributed by atoms with Gasteiger partial charge in [-0.15, -0.1) is 11.8 Å². The number of benzene rings is 1. The van der Waals surface area contributed by atoms with Crippen molar-refractivity contribution in [2.24, 2.45) is 0 Å². The van der Waals surface area contributed by atoms with E-state index in [1.165, 1.54) is 16.2 Å². The summed E-state index contributed by atoms with van der Waals surface area (Å²) in [4.78, 5) is 1.32. The zero-order chi connectivity index (χ0) is 14.4. The van der Waals surface area contributed by atoms with Gasteiger partial charge in [0.2, 0.25) is 0 Å². The second-order valence-electron chi connectivity index (χ2n) is 4.94. The van der Waals surface area contributed by atoms with Crippen LogP contribution in [-0.4, -0.2) is 22.6 Å². The summed E-state index contributed by atoms with van der Waals surface area (Å²) in [6.45, 7) is 5.28. The van der Waals surface area contributed by atoms with Crippen molar-refractivity contribution in [2.45, 2.75) is 37.8 Å². The Morgan fingerprint density at radius 3 is 2.65 bits per heavy atom. The molecule has 0 fully saturated rings. The Kier molecular flexibility index (Phi) is 5.68. The van der Waals surface area contributed by atoms with E-state index in [1.807, 2.05) is 25.0 Å². The van der Waals surface area contributed by atoms with Crippen LogP contribution in [0.3, 0.4) is 0 Å². The summed E-state index contributed by atoms with van der Waals surface area (Å²) in [5.41, 5.74) is 2.58. The molecule has 0 aliphatic carbocycles. The lowest BCUT2D eigenvalue weighted by atomic mass is 10.2. The molecule has 1 unspecified atom stereocenters. The first kappa shape index (κ1) is 15.1. The molecule has 0 saturated carbocycles. The number of hydrogen-bond donors (Lipinski definition) is 1. The van der Waals surface area contributed by atoms with Crippen LogP contribution in [0.5, 0.6) is 0 Å². The quantitative estimate of drug-likeness (QED) is 0.789. The minimum absolute atomic E-state index is 0.329. The van der Waals surface area contributed by atoms with Crippen LogP contribution in [0.15, 0.2) is 41.4 Å². The minimum Gasteiger partial charge on any atom is -0.311 e. The highest BCUT2D eigenvalue weighted by molar-refractivity contribution is 7.99. The molecule has 20 heavy (non-hydrogen) atoms. The normalized spacial score (nSPS) is 12.6. The van der Waals surface area contributed by atoms with Crippen LogP contribution >= 0.6 is 11.8 Å². The van der Waals surface area contributed by atoms with E-state index in [4.69, 9.17) is 0 Å². The molecular formula is C16H23N3S. The van der Waals surface area contributed by atoms with Crippen molar-refractivity contribution >= 4 is 11.8 Å². The first-order chi connectivity index (χ1) is 9.74. The lowest BCUT2D eigenvalue weighted by molar-refractivity contribution is 0.524. The Morgan fingerprint density at radius 1 is 1.25 bits per heavy atom. The fourth-order valence-electron chi connectivity index (χ4n) is 2.17. The van der Waals surface area contributed by atoms with Crippen molar-refractivity contribution in [1.29, 1.82) is 0 Å². The maximum absolute atomic E-state index is 4.41. The van der Waals surface area contributed by atoms with Crippen molar-refractivity contribution in [3.8, 4) is 0 Å². The molecule has 0 aliphatic heterocycles. The zero-order valence-electron chi connectivity index (χ0n) is 12.5. The van der Waals surface area contributed by atoms with Crippen LogP contribution in [0.1, 0.15) is 30.6 Å². The maximum atomic E-state index is 4.41. The Bertz CT molecular complexity index is 519. The smallest absolute Gasteiger partial charge is 0.0584 e. The molecule has 1 N–H and O–H groups in total. The van der Waals surface area contributed by atoms with Gasteiger partial charge in [0.1, 0.15) is 0 Å². The van der Waals surface area contributed by atoms with Gasteiger partial charge in [0.15, 0.2) is 0 Å². The maximum Gasteiger partial charge on any atom is 0.0584 e. The van der Waals surface area contributed by atoms with Gasteiger partial charge < -0.3 is 5.32 Å². The number of nitrogens with one attached hydrogen (secondary N) is 1. The first-order valence-corrected chi connectivity index (χ1v) is 8.11. The Hall–Kier alpha value is -1.26. The number of aryl methyl sites for hydroxylation is 2. The van der Waals surface area contributed by atoms with Gasteiger partial charge in [-0.05, 0) is 38.6 Å². The van der Waals surface area contributed by atoms with E-state index in [-0.39, 0.29) is 0 Å². The summed E-state index contributed by atoms with van der Waals surface area (Å²) < 4.78 is 2.11. The van der Waals surface area contributed by atoms with E-state index >= 15 is 0 Å². The summed E-state index contributed by atoms with van der Waals surface area (Å²) in [7, 11) is 2.02. The van der Waals surface area contributed by atoms with Crippen LogP contribution in [0, 0.1) is 6.92 Å². The third-order valence-corrected chi connectivity index (χ3v) is 4.43. The SMILES string of the molecule is CCCn1nccc1C(CSc1ccc(C)cc1)NC. The molecule has 2 aromatic rings. The summed E-state index contributed by atoms with van der Waals surface area (Å²) in [6, 6.07) is 11.2. The van der Waals surface area contributed by atoms with Gasteiger partial charge in [-0.1, -0.05) is 24.6 Å². The fourth-order valence-corrected chi connectivity index (χ4v) is 3.19. The lowest BCUT2D eigenvalue weighted by Gasteiger charge is -2.17. The Balaban J connectivity index is 2.01. The van der Waals surface area contributed by atoms with Gasteiger partial charge in [0, 0.05) is 23.4 Å². The van der Waals surface area contributed by atoms with E-state index < -0.39 is 0 Å². The highest BCUT2D eigenvalue weighted by Crippen LogP contribution is 2.24. The number of aromatic nitrogens is 2. The van der Waals surface area contributed by atoms with Gasteiger partial charge in [0.25, 0.3) is 0 Å². The van der Waals surface area contributed by atoms with Gasteiger partial charge >= 0.3 is 0 Å². The van der Waals surface area contributed by atoms with Crippen LogP contribution in [-0.2, 0) is 6.54 Å². The predicted molar refractivity (Wildman–Crippen MR) is 86.2 cm³/mol.